The zero-order valence-electron chi connectivity index (χ0n) is 15.7. The fourth-order valence-corrected chi connectivity index (χ4v) is 4.25. The van der Waals surface area contributed by atoms with Gasteiger partial charge in [-0.05, 0) is 66.5 Å². The summed E-state index contributed by atoms with van der Waals surface area (Å²) in [6, 6.07) is 15.0. The predicted octanol–water partition coefficient (Wildman–Crippen LogP) is 5.58. The molecule has 0 unspecified atom stereocenters. The van der Waals surface area contributed by atoms with Gasteiger partial charge in [-0.1, -0.05) is 60.6 Å². The van der Waals surface area contributed by atoms with Crippen molar-refractivity contribution in [2.24, 2.45) is 10.3 Å². The smallest absolute Gasteiger partial charge is 0.0871 e. The third-order valence-electron chi connectivity index (χ3n) is 5.82. The molecule has 1 aliphatic carbocycles. The topological polar surface area (TPSA) is 65.2 Å². The Morgan fingerprint density at radius 2 is 1.58 bits per heavy atom. The van der Waals surface area contributed by atoms with Crippen molar-refractivity contribution < 1.29 is 10.4 Å². The van der Waals surface area contributed by atoms with Crippen molar-refractivity contribution in [3.63, 3.8) is 0 Å². The highest BCUT2D eigenvalue weighted by molar-refractivity contribution is 6.03. The van der Waals surface area contributed by atoms with Crippen molar-refractivity contribution >= 4 is 11.4 Å². The lowest BCUT2D eigenvalue weighted by Crippen LogP contribution is -2.23. The molecule has 136 valence electrons. The minimum atomic E-state index is 0.00494. The van der Waals surface area contributed by atoms with E-state index in [-0.39, 0.29) is 5.41 Å². The van der Waals surface area contributed by atoms with E-state index >= 15 is 0 Å². The van der Waals surface area contributed by atoms with Gasteiger partial charge in [-0.3, -0.25) is 0 Å². The number of rotatable bonds is 6. The molecule has 0 radical (unpaired) electrons. The highest BCUT2D eigenvalue weighted by atomic mass is 16.4. The molecule has 2 aromatic carbocycles. The summed E-state index contributed by atoms with van der Waals surface area (Å²) in [5.74, 6) is 0. The zero-order chi connectivity index (χ0) is 18.7. The van der Waals surface area contributed by atoms with Gasteiger partial charge in [0.1, 0.15) is 0 Å². The number of fused-ring (bicyclic) bond motifs is 3. The van der Waals surface area contributed by atoms with Crippen molar-refractivity contribution in [3.8, 4) is 11.1 Å². The average Bonchev–Trinajstić information content (AvgIpc) is 2.98. The van der Waals surface area contributed by atoms with Gasteiger partial charge in [0, 0.05) is 5.41 Å². The molecule has 0 fully saturated rings. The average molecular weight is 350 g/mol. The van der Waals surface area contributed by atoms with Gasteiger partial charge >= 0.3 is 0 Å². The largest absolute Gasteiger partial charge is 0.411 e. The second-order valence-electron chi connectivity index (χ2n) is 6.98. The molecule has 1 aliphatic rings. The quantitative estimate of drug-likeness (QED) is 0.406. The highest BCUT2D eigenvalue weighted by Crippen LogP contribution is 2.52. The van der Waals surface area contributed by atoms with Crippen LogP contribution in [0.5, 0.6) is 0 Å². The molecule has 0 saturated heterocycles. The van der Waals surface area contributed by atoms with Crippen LogP contribution in [-0.2, 0) is 5.41 Å². The molecular weight excluding hydrogens is 324 g/mol. The Morgan fingerprint density at radius 3 is 2.23 bits per heavy atom. The Labute approximate surface area is 154 Å². The zero-order valence-corrected chi connectivity index (χ0v) is 15.7. The lowest BCUT2D eigenvalue weighted by molar-refractivity contribution is 0.315. The van der Waals surface area contributed by atoms with Crippen LogP contribution in [0.2, 0.25) is 0 Å². The third-order valence-corrected chi connectivity index (χ3v) is 5.82. The van der Waals surface area contributed by atoms with Crippen LogP contribution in [0.3, 0.4) is 0 Å². The van der Waals surface area contributed by atoms with Crippen LogP contribution >= 0.6 is 0 Å². The number of benzene rings is 2. The van der Waals surface area contributed by atoms with E-state index in [1.54, 1.807) is 6.92 Å². The summed E-state index contributed by atoms with van der Waals surface area (Å²) in [5, 5.41) is 25.1. The van der Waals surface area contributed by atoms with E-state index in [2.05, 4.69) is 60.6 Å². The molecule has 4 nitrogen and oxygen atoms in total. The fourth-order valence-electron chi connectivity index (χ4n) is 4.25. The third kappa shape index (κ3) is 2.79. The maximum Gasteiger partial charge on any atom is 0.0871 e. The van der Waals surface area contributed by atoms with Crippen molar-refractivity contribution in [2.45, 2.75) is 51.9 Å². The number of hydrogen-bond donors (Lipinski definition) is 2. The molecule has 0 aliphatic heterocycles. The van der Waals surface area contributed by atoms with Crippen LogP contribution in [0.4, 0.5) is 0 Å². The first-order valence-electron chi connectivity index (χ1n) is 9.24. The lowest BCUT2D eigenvalue weighted by atomic mass is 9.73. The first-order valence-corrected chi connectivity index (χ1v) is 9.24. The standard InChI is InChI=1S/C22H26N2O2/c1-4-22(5-2)19-9-7-6-8-17(19)18-12-11-16(14-20(18)22)21(24-26)13-10-15(3)23-25/h6-9,11-12,14,25-26H,4-5,10,13H2,1-3H3/b23-15+,24-21+. The molecule has 0 aromatic heterocycles. The van der Waals surface area contributed by atoms with E-state index in [4.69, 9.17) is 5.21 Å². The first-order chi connectivity index (χ1) is 12.6. The summed E-state index contributed by atoms with van der Waals surface area (Å²) in [5.41, 5.74) is 7.46. The summed E-state index contributed by atoms with van der Waals surface area (Å²) < 4.78 is 0. The minimum absolute atomic E-state index is 0.00494. The molecule has 0 bridgehead atoms. The van der Waals surface area contributed by atoms with Crippen LogP contribution in [0, 0.1) is 0 Å². The summed E-state index contributed by atoms with van der Waals surface area (Å²) in [7, 11) is 0. The summed E-state index contributed by atoms with van der Waals surface area (Å²) in [4.78, 5) is 0. The molecule has 0 amide bonds. The molecule has 0 heterocycles. The molecule has 0 atom stereocenters. The van der Waals surface area contributed by atoms with Gasteiger partial charge in [-0.2, -0.15) is 0 Å². The van der Waals surface area contributed by atoms with Crippen molar-refractivity contribution in [1.82, 2.24) is 0 Å². The van der Waals surface area contributed by atoms with Crippen molar-refractivity contribution in [1.29, 1.82) is 0 Å². The van der Waals surface area contributed by atoms with Crippen LogP contribution in [-0.4, -0.2) is 21.8 Å². The van der Waals surface area contributed by atoms with Crippen molar-refractivity contribution in [3.05, 3.63) is 59.2 Å². The van der Waals surface area contributed by atoms with Gasteiger partial charge in [-0.15, -0.1) is 0 Å². The van der Waals surface area contributed by atoms with E-state index in [0.29, 0.717) is 24.3 Å². The molecule has 3 rings (SSSR count). The van der Waals surface area contributed by atoms with E-state index in [9.17, 15) is 5.21 Å². The van der Waals surface area contributed by atoms with Crippen LogP contribution < -0.4 is 0 Å². The van der Waals surface area contributed by atoms with Crippen LogP contribution in [0.1, 0.15) is 63.1 Å². The Kier molecular flexibility index (Phi) is 5.12. The lowest BCUT2D eigenvalue weighted by Gasteiger charge is -2.30. The van der Waals surface area contributed by atoms with Gasteiger partial charge in [0.25, 0.3) is 0 Å². The Bertz CT molecular complexity index is 864. The van der Waals surface area contributed by atoms with Crippen LogP contribution in [0.15, 0.2) is 52.8 Å². The fraction of sp³-hybridized carbons (Fsp3) is 0.364. The number of hydrogen-bond acceptors (Lipinski definition) is 4. The van der Waals surface area contributed by atoms with Gasteiger partial charge in [-0.25, -0.2) is 0 Å². The van der Waals surface area contributed by atoms with E-state index < -0.39 is 0 Å². The maximum absolute atomic E-state index is 9.52. The van der Waals surface area contributed by atoms with Crippen molar-refractivity contribution in [2.75, 3.05) is 0 Å². The van der Waals surface area contributed by atoms with E-state index in [1.807, 2.05) is 6.07 Å². The van der Waals surface area contributed by atoms with Gasteiger partial charge in [0.15, 0.2) is 0 Å². The summed E-state index contributed by atoms with van der Waals surface area (Å²) in [6.45, 7) is 6.24. The van der Waals surface area contributed by atoms with E-state index in [0.717, 1.165) is 18.4 Å². The monoisotopic (exact) mass is 350 g/mol. The minimum Gasteiger partial charge on any atom is -0.411 e. The summed E-state index contributed by atoms with van der Waals surface area (Å²) in [6.07, 6.45) is 3.14. The molecule has 2 aromatic rings. The second kappa shape index (κ2) is 7.32. The molecule has 26 heavy (non-hydrogen) atoms. The SMILES string of the molecule is CCC1(CC)c2ccccc2-c2ccc(/C(CC/C(C)=N/O)=N/O)cc21. The normalized spacial score (nSPS) is 15.7. The molecule has 0 spiro atoms. The van der Waals surface area contributed by atoms with Crippen LogP contribution in [0.25, 0.3) is 11.1 Å². The van der Waals surface area contributed by atoms with E-state index in [1.165, 1.54) is 22.3 Å². The highest BCUT2D eigenvalue weighted by Gasteiger charge is 2.40. The maximum atomic E-state index is 9.52. The Hall–Kier alpha value is -2.62. The Morgan fingerprint density at radius 1 is 0.885 bits per heavy atom. The molecule has 2 N–H and O–H groups in total. The molecule has 0 saturated carbocycles. The molecular formula is C22H26N2O2. The predicted molar refractivity (Wildman–Crippen MR) is 106 cm³/mol. The first kappa shape index (κ1) is 18.2. The van der Waals surface area contributed by atoms with Gasteiger partial charge in [0.2, 0.25) is 0 Å². The van der Waals surface area contributed by atoms with Gasteiger partial charge in [0.05, 0.1) is 11.4 Å². The summed E-state index contributed by atoms with van der Waals surface area (Å²) >= 11 is 0. The number of nitrogens with zero attached hydrogens (tertiary/aromatic N) is 2. The molecule has 4 heteroatoms. The van der Waals surface area contributed by atoms with Gasteiger partial charge < -0.3 is 10.4 Å². The second-order valence-corrected chi connectivity index (χ2v) is 6.98. The number of oxime groups is 2. The Balaban J connectivity index is 2.07.